The molecule has 3 aromatic carbocycles. The molecule has 39 heavy (non-hydrogen) atoms. The van der Waals surface area contributed by atoms with Crippen molar-refractivity contribution in [1.82, 2.24) is 4.98 Å². The number of nitrogens with one attached hydrogen (secondary N) is 1. The van der Waals surface area contributed by atoms with Gasteiger partial charge in [-0.1, -0.05) is 157 Å². The zero-order valence-corrected chi connectivity index (χ0v) is 24.3. The lowest BCUT2D eigenvalue weighted by Crippen LogP contribution is -2.42. The largest absolute Gasteiger partial charge is 0.263 e. The lowest BCUT2D eigenvalue weighted by atomic mass is 9.66. The zero-order chi connectivity index (χ0) is 27.2. The Morgan fingerprint density at radius 3 is 1.82 bits per heavy atom. The van der Waals surface area contributed by atoms with E-state index in [1.165, 1.54) is 93.3 Å². The van der Waals surface area contributed by atoms with Gasteiger partial charge in [0, 0.05) is 5.41 Å². The smallest absolute Gasteiger partial charge is 0.247 e. The van der Waals surface area contributed by atoms with Gasteiger partial charge >= 0.3 is 0 Å². The minimum atomic E-state index is -0.0523. The van der Waals surface area contributed by atoms with Crippen LogP contribution >= 0.6 is 0 Å². The van der Waals surface area contributed by atoms with E-state index in [0.29, 0.717) is 5.92 Å². The first-order chi connectivity index (χ1) is 19.2. The van der Waals surface area contributed by atoms with Crippen LogP contribution in [0.15, 0.2) is 103 Å². The summed E-state index contributed by atoms with van der Waals surface area (Å²) >= 11 is 0. The van der Waals surface area contributed by atoms with Crippen LogP contribution in [0.4, 0.5) is 0 Å². The first-order valence-corrected chi connectivity index (χ1v) is 15.5. The molecular formula is C37H49N2+. The Morgan fingerprint density at radius 1 is 0.667 bits per heavy atom. The number of hydrogen-bond acceptors (Lipinski definition) is 0. The van der Waals surface area contributed by atoms with Gasteiger partial charge in [0.05, 0.1) is 5.92 Å². The number of para-hydroxylation sites is 1. The van der Waals surface area contributed by atoms with Crippen molar-refractivity contribution >= 4 is 0 Å². The normalized spacial score (nSPS) is 13.7. The molecular weight excluding hydrogens is 472 g/mol. The molecule has 1 aromatic heterocycles. The van der Waals surface area contributed by atoms with E-state index in [1.807, 2.05) is 0 Å². The van der Waals surface area contributed by atoms with Crippen LogP contribution in [0.1, 0.15) is 107 Å². The molecule has 2 unspecified atom stereocenters. The summed E-state index contributed by atoms with van der Waals surface area (Å²) in [6.45, 7) is 4.79. The summed E-state index contributed by atoms with van der Waals surface area (Å²) in [6, 6.07) is 33.1. The van der Waals surface area contributed by atoms with E-state index in [2.05, 4.69) is 127 Å². The van der Waals surface area contributed by atoms with Gasteiger partial charge in [0.1, 0.15) is 18.1 Å². The Hall–Kier alpha value is -3.13. The van der Waals surface area contributed by atoms with Gasteiger partial charge in [-0.3, -0.25) is 0 Å². The summed E-state index contributed by atoms with van der Waals surface area (Å²) < 4.78 is 2.38. The van der Waals surface area contributed by atoms with Crippen molar-refractivity contribution < 1.29 is 4.57 Å². The van der Waals surface area contributed by atoms with E-state index in [-0.39, 0.29) is 5.41 Å². The molecule has 0 saturated heterocycles. The maximum Gasteiger partial charge on any atom is 0.263 e. The SMILES string of the molecule is CCCCCCCCCCCCC(c1[nH]cc[n+]1-c1ccccc1)C(C)(Cc1ccccc1)c1ccccc1. The minimum Gasteiger partial charge on any atom is -0.247 e. The lowest BCUT2D eigenvalue weighted by Gasteiger charge is -2.37. The first kappa shape index (κ1) is 28.9. The summed E-state index contributed by atoms with van der Waals surface area (Å²) in [5.74, 6) is 1.66. The van der Waals surface area contributed by atoms with Crippen LogP contribution in [0.3, 0.4) is 0 Å². The predicted octanol–water partition coefficient (Wildman–Crippen LogP) is 9.89. The Balaban J connectivity index is 1.56. The van der Waals surface area contributed by atoms with Gasteiger partial charge in [0.25, 0.3) is 5.82 Å². The third kappa shape index (κ3) is 8.18. The van der Waals surface area contributed by atoms with Crippen LogP contribution < -0.4 is 4.57 Å². The van der Waals surface area contributed by atoms with Crippen molar-refractivity contribution in [2.24, 2.45) is 0 Å². The number of aromatic nitrogens is 2. The number of H-pyrrole nitrogens is 1. The monoisotopic (exact) mass is 521 g/mol. The maximum absolute atomic E-state index is 3.71. The standard InChI is InChI=1S/C37H48N2/c1-3-4-5-6-7-8-9-10-11-21-28-35(36-38-29-30-39(36)34-26-19-14-20-27-34)37(2,33-24-17-13-18-25-33)31-32-22-15-12-16-23-32/h12-20,22-27,29-30,35H,3-11,21,28,31H2,1-2H3/p+1. The van der Waals surface area contributed by atoms with Crippen LogP contribution in [0.2, 0.25) is 0 Å². The molecule has 0 aliphatic carbocycles. The molecule has 0 aliphatic rings. The summed E-state index contributed by atoms with van der Waals surface area (Å²) in [4.78, 5) is 3.71. The average molecular weight is 522 g/mol. The number of unbranched alkanes of at least 4 members (excludes halogenated alkanes) is 9. The molecule has 0 fully saturated rings. The van der Waals surface area contributed by atoms with E-state index < -0.39 is 0 Å². The van der Waals surface area contributed by atoms with E-state index in [0.717, 1.165) is 6.42 Å². The predicted molar refractivity (Wildman–Crippen MR) is 165 cm³/mol. The molecule has 2 nitrogen and oxygen atoms in total. The van der Waals surface area contributed by atoms with Crippen LogP contribution in [-0.4, -0.2) is 4.98 Å². The second-order valence-corrected chi connectivity index (χ2v) is 11.5. The van der Waals surface area contributed by atoms with Crippen LogP contribution in [0.25, 0.3) is 5.69 Å². The van der Waals surface area contributed by atoms with Crippen molar-refractivity contribution in [3.05, 3.63) is 120 Å². The highest BCUT2D eigenvalue weighted by molar-refractivity contribution is 5.33. The van der Waals surface area contributed by atoms with Gasteiger partial charge in [-0.05, 0) is 36.1 Å². The lowest BCUT2D eigenvalue weighted by molar-refractivity contribution is -0.605. The highest BCUT2D eigenvalue weighted by atomic mass is 15.1. The van der Waals surface area contributed by atoms with Crippen LogP contribution in [0.5, 0.6) is 0 Å². The summed E-state index contributed by atoms with van der Waals surface area (Å²) in [5.41, 5.74) is 3.98. The molecule has 0 radical (unpaired) electrons. The Kier molecular flexibility index (Phi) is 11.4. The molecule has 2 atom stereocenters. The maximum atomic E-state index is 3.71. The summed E-state index contributed by atoms with van der Waals surface area (Å²) in [7, 11) is 0. The quantitative estimate of drug-likeness (QED) is 0.105. The average Bonchev–Trinajstić information content (AvgIpc) is 3.47. The molecule has 1 heterocycles. The second kappa shape index (κ2) is 15.5. The third-order valence-electron chi connectivity index (χ3n) is 8.54. The van der Waals surface area contributed by atoms with E-state index in [9.17, 15) is 0 Å². The molecule has 0 aliphatic heterocycles. The highest BCUT2D eigenvalue weighted by Gasteiger charge is 2.42. The van der Waals surface area contributed by atoms with Gasteiger partial charge in [0.2, 0.25) is 0 Å². The fraction of sp³-hybridized carbons (Fsp3) is 0.432. The van der Waals surface area contributed by atoms with Crippen molar-refractivity contribution in [2.75, 3.05) is 0 Å². The topological polar surface area (TPSA) is 19.7 Å². The van der Waals surface area contributed by atoms with Crippen molar-refractivity contribution in [2.45, 2.75) is 102 Å². The highest BCUT2D eigenvalue weighted by Crippen LogP contribution is 2.43. The minimum absolute atomic E-state index is 0.0523. The second-order valence-electron chi connectivity index (χ2n) is 11.5. The Bertz CT molecular complexity index is 1180. The van der Waals surface area contributed by atoms with Crippen molar-refractivity contribution in [1.29, 1.82) is 0 Å². The van der Waals surface area contributed by atoms with Crippen molar-refractivity contribution in [3.63, 3.8) is 0 Å². The Labute approximate surface area is 237 Å². The summed E-state index contributed by atoms with van der Waals surface area (Å²) in [6.07, 6.45) is 20.1. The Morgan fingerprint density at radius 2 is 1.21 bits per heavy atom. The number of nitrogens with zero attached hydrogens (tertiary/aromatic N) is 1. The zero-order valence-electron chi connectivity index (χ0n) is 24.3. The van der Waals surface area contributed by atoms with E-state index in [4.69, 9.17) is 0 Å². The van der Waals surface area contributed by atoms with Gasteiger partial charge in [-0.25, -0.2) is 4.98 Å². The molecule has 206 valence electrons. The van der Waals surface area contributed by atoms with Crippen molar-refractivity contribution in [3.8, 4) is 5.69 Å². The molecule has 4 aromatic rings. The van der Waals surface area contributed by atoms with Gasteiger partial charge in [0.15, 0.2) is 0 Å². The number of rotatable bonds is 17. The fourth-order valence-corrected chi connectivity index (χ4v) is 6.29. The summed E-state index contributed by atoms with van der Waals surface area (Å²) in [5, 5.41) is 0. The number of hydrogen-bond donors (Lipinski definition) is 1. The number of aromatic amines is 1. The molecule has 0 spiro atoms. The third-order valence-corrected chi connectivity index (χ3v) is 8.54. The van der Waals surface area contributed by atoms with E-state index >= 15 is 0 Å². The molecule has 2 heteroatoms. The van der Waals surface area contributed by atoms with Gasteiger partial charge in [-0.15, -0.1) is 0 Å². The van der Waals surface area contributed by atoms with Crippen LogP contribution in [-0.2, 0) is 11.8 Å². The van der Waals surface area contributed by atoms with Gasteiger partial charge < -0.3 is 0 Å². The molecule has 0 amide bonds. The molecule has 0 saturated carbocycles. The molecule has 4 rings (SSSR count). The van der Waals surface area contributed by atoms with Crippen LogP contribution in [0, 0.1) is 0 Å². The number of benzene rings is 3. The fourth-order valence-electron chi connectivity index (χ4n) is 6.29. The van der Waals surface area contributed by atoms with E-state index in [1.54, 1.807) is 0 Å². The first-order valence-electron chi connectivity index (χ1n) is 15.5. The van der Waals surface area contributed by atoms with Gasteiger partial charge in [-0.2, -0.15) is 4.57 Å². The molecule has 1 N–H and O–H groups in total. The number of imidazole rings is 1. The molecule has 0 bridgehead atoms.